The smallest absolute Gasteiger partial charge is 0.0542 e. The van der Waals surface area contributed by atoms with Gasteiger partial charge in [-0.1, -0.05) is 265 Å². The molecule has 0 atom stereocenters. The number of rotatable bonds is 12. The van der Waals surface area contributed by atoms with E-state index in [0.717, 1.165) is 47.0 Å². The second-order valence-electron chi connectivity index (χ2n) is 33.2. The maximum Gasteiger partial charge on any atom is 0.0542 e. The molecule has 0 spiro atoms. The van der Waals surface area contributed by atoms with Crippen molar-refractivity contribution in [2.45, 2.75) is 40.5 Å². The van der Waals surface area contributed by atoms with Crippen molar-refractivity contribution >= 4 is 114 Å². The van der Waals surface area contributed by atoms with Gasteiger partial charge in [-0.25, -0.2) is 0 Å². The number of fused-ring (bicyclic) bond motifs is 10. The highest BCUT2D eigenvalue weighted by Crippen LogP contribution is 2.45. The molecule has 0 amide bonds. The zero-order valence-electron chi connectivity index (χ0n) is 68.4. The van der Waals surface area contributed by atoms with Crippen molar-refractivity contribution in [2.75, 3.05) is 0 Å². The Kier molecular flexibility index (Phi) is 17.2. The lowest BCUT2D eigenvalue weighted by Gasteiger charge is -2.17. The van der Waals surface area contributed by atoms with Crippen LogP contribution in [0.2, 0.25) is 0 Å². The number of allylic oxidation sites excluding steroid dienone is 4. The van der Waals surface area contributed by atoms with E-state index in [-0.39, 0.29) is 0 Å². The number of nitrogens with zero attached hydrogens (tertiary/aromatic N) is 6. The Morgan fingerprint density at radius 3 is 0.803 bits per heavy atom. The minimum Gasteiger partial charge on any atom is -0.317 e. The first-order chi connectivity index (χ1) is 60.1. The minimum atomic E-state index is 1.01. The van der Waals surface area contributed by atoms with Gasteiger partial charge in [0.05, 0.1) is 55.9 Å². The normalized spacial score (nSPS) is 12.5. The molecule has 6 nitrogen and oxygen atoms in total. The summed E-state index contributed by atoms with van der Waals surface area (Å²) in [5.74, 6) is 0. The molecule has 1 aliphatic carbocycles. The second-order valence-corrected chi connectivity index (χ2v) is 33.2. The van der Waals surface area contributed by atoms with Crippen LogP contribution in [0.15, 0.2) is 418 Å². The van der Waals surface area contributed by atoms with E-state index in [0.29, 0.717) is 0 Å². The highest BCUT2D eigenvalue weighted by molar-refractivity contribution is 6.15. The third kappa shape index (κ3) is 12.4. The molecule has 0 N–H and O–H groups in total. The highest BCUT2D eigenvalue weighted by atomic mass is 15.0. The quantitative estimate of drug-likeness (QED) is 0.109. The van der Waals surface area contributed by atoms with Gasteiger partial charge in [-0.3, -0.25) is 0 Å². The Balaban J connectivity index is 0.000000144. The molecule has 1 aliphatic rings. The van der Waals surface area contributed by atoms with Gasteiger partial charge in [-0.2, -0.15) is 0 Å². The van der Waals surface area contributed by atoms with Crippen molar-refractivity contribution in [1.29, 1.82) is 0 Å². The minimum absolute atomic E-state index is 1.01. The third-order valence-electron chi connectivity index (χ3n) is 25.5. The van der Waals surface area contributed by atoms with Crippen LogP contribution in [-0.4, -0.2) is 27.4 Å². The topological polar surface area (TPSA) is 29.6 Å². The SMILES string of the molecule is CC1=CC=C(c2cc3cc4c(cc(-c5ccc(C)cc5)n4-c4ccc(-c5c6ccccc6cc6ccccc56)cc4)cc3n2-c2ccc(-c3c4ccccc4cc4ccccc34)cc2)CC1.Cc1ccc(-c2cc3cc4c(cc(-c5ccc(C)cc5)n4-c4ccc(-n5ccc6ccccc65)cc4)cc3n2-c2ccc(-n3ccc4ccccc43)cc2)cc1. The van der Waals surface area contributed by atoms with Crippen molar-refractivity contribution in [1.82, 2.24) is 27.4 Å². The number of hydrogen-bond acceptors (Lipinski definition) is 0. The molecule has 0 bridgehead atoms. The van der Waals surface area contributed by atoms with E-state index in [1.807, 2.05) is 0 Å². The van der Waals surface area contributed by atoms with Crippen LogP contribution in [0.4, 0.5) is 0 Å². The number of hydrogen-bond donors (Lipinski definition) is 0. The summed E-state index contributed by atoms with van der Waals surface area (Å²) in [7, 11) is 0. The van der Waals surface area contributed by atoms with Gasteiger partial charge in [-0.15, -0.1) is 0 Å². The van der Waals surface area contributed by atoms with Crippen molar-refractivity contribution < 1.29 is 0 Å². The first-order valence-electron chi connectivity index (χ1n) is 42.4. The molecule has 0 saturated carbocycles. The predicted molar refractivity (Wildman–Crippen MR) is 516 cm³/mol. The van der Waals surface area contributed by atoms with Crippen LogP contribution in [0.1, 0.15) is 42.1 Å². The molecule has 0 saturated heterocycles. The van der Waals surface area contributed by atoms with Crippen LogP contribution in [-0.2, 0) is 0 Å². The molecular weight excluding hydrogens is 1480 g/mol. The molecule has 6 heterocycles. The van der Waals surface area contributed by atoms with Crippen LogP contribution in [0, 0.1) is 20.8 Å². The molecular formula is C116H84N6. The van der Waals surface area contributed by atoms with Crippen molar-refractivity contribution in [3.63, 3.8) is 0 Å². The van der Waals surface area contributed by atoms with Gasteiger partial charge in [0.1, 0.15) is 0 Å². The van der Waals surface area contributed by atoms with Crippen LogP contribution in [0.25, 0.3) is 204 Å². The number of benzene rings is 17. The van der Waals surface area contributed by atoms with Crippen LogP contribution in [0.3, 0.4) is 0 Å². The largest absolute Gasteiger partial charge is 0.317 e. The molecule has 0 radical (unpaired) electrons. The molecule has 0 unspecified atom stereocenters. The average molecular weight is 1560 g/mol. The number of para-hydroxylation sites is 2. The summed E-state index contributed by atoms with van der Waals surface area (Å²) in [5, 5.41) is 17.4. The monoisotopic (exact) mass is 1560 g/mol. The standard InChI is InChI=1S/C64H46N2.C52H38N4/c1-41-19-23-43(24-20-41)59-37-51-39-62-52(40-61(51)65(59)53-31-27-45(28-32-53)63-55-15-7-3-11-47(55)35-48-12-4-8-16-56(48)63)38-60(44-25-21-42(2)22-26-44)66(62)54-33-29-46(30-34-54)64-57-17-9-5-13-49(57)36-50-14-6-10-18-58(50)64;1-35-11-15-39(16-12-35)49-31-41-33-52-42(34-51(41)55(49)45-23-19-43(20-24-45)53-29-27-37-7-3-5-9-47(37)53)32-50(40-17-13-36(2)14-18-40)56(52)46-25-21-44(22-26-46)54-30-28-38-8-4-6-10-48(38)54/h3-21,23-25,27-40H,22,26H2,1-2H3;3-34H,1-2H3. The Bertz CT molecular complexity index is 7820. The number of aromatic nitrogens is 6. The summed E-state index contributed by atoms with van der Waals surface area (Å²) in [6.07, 6.45) is 11.0. The second kappa shape index (κ2) is 29.2. The molecule has 17 aromatic carbocycles. The van der Waals surface area contributed by atoms with Crippen molar-refractivity contribution in [3.05, 3.63) is 441 Å². The Morgan fingerprint density at radius 2 is 0.475 bits per heavy atom. The molecule has 0 fully saturated rings. The molecule has 122 heavy (non-hydrogen) atoms. The lowest BCUT2D eigenvalue weighted by atomic mass is 9.92. The van der Waals surface area contributed by atoms with E-state index in [9.17, 15) is 0 Å². The Labute approximate surface area is 708 Å². The van der Waals surface area contributed by atoms with E-state index in [1.54, 1.807) is 0 Å². The highest BCUT2D eigenvalue weighted by Gasteiger charge is 2.24. The van der Waals surface area contributed by atoms with Gasteiger partial charge < -0.3 is 27.4 Å². The number of aryl methyl sites for hydroxylation is 3. The van der Waals surface area contributed by atoms with Crippen molar-refractivity contribution in [2.24, 2.45) is 0 Å². The summed E-state index contributed by atoms with van der Waals surface area (Å²) in [5.41, 5.74) is 33.9. The van der Waals surface area contributed by atoms with Crippen LogP contribution in [0.5, 0.6) is 0 Å². The molecule has 6 aromatic heterocycles. The van der Waals surface area contributed by atoms with Gasteiger partial charge in [0.25, 0.3) is 0 Å². The van der Waals surface area contributed by atoms with Gasteiger partial charge in [0.2, 0.25) is 0 Å². The van der Waals surface area contributed by atoms with E-state index in [1.165, 1.54) is 198 Å². The van der Waals surface area contributed by atoms with E-state index < -0.39 is 0 Å². The molecule has 6 heteroatoms. The first-order valence-corrected chi connectivity index (χ1v) is 42.4. The lowest BCUT2D eigenvalue weighted by Crippen LogP contribution is -2.01. The zero-order valence-corrected chi connectivity index (χ0v) is 68.4. The summed E-state index contributed by atoms with van der Waals surface area (Å²) in [4.78, 5) is 0. The Morgan fingerprint density at radius 1 is 0.197 bits per heavy atom. The van der Waals surface area contributed by atoms with E-state index in [4.69, 9.17) is 0 Å². The predicted octanol–water partition coefficient (Wildman–Crippen LogP) is 31.0. The molecule has 578 valence electrons. The average Bonchev–Trinajstić information content (AvgIpc) is 1.63. The van der Waals surface area contributed by atoms with E-state index >= 15 is 0 Å². The van der Waals surface area contributed by atoms with Gasteiger partial charge in [0, 0.05) is 68.1 Å². The zero-order chi connectivity index (χ0) is 81.2. The molecule has 23 aromatic rings. The third-order valence-corrected chi connectivity index (χ3v) is 25.5. The fourth-order valence-electron chi connectivity index (χ4n) is 19.3. The first kappa shape index (κ1) is 71.8. The maximum absolute atomic E-state index is 2.51. The summed E-state index contributed by atoms with van der Waals surface area (Å²) < 4.78 is 14.4. The fraction of sp³-hybridized carbons (Fsp3) is 0.0517. The van der Waals surface area contributed by atoms with Gasteiger partial charge >= 0.3 is 0 Å². The van der Waals surface area contributed by atoms with Crippen molar-refractivity contribution in [3.8, 4) is 90.2 Å². The molecule has 0 aliphatic heterocycles. The van der Waals surface area contributed by atoms with Gasteiger partial charge in [0.15, 0.2) is 0 Å². The Hall–Kier alpha value is -15.5. The lowest BCUT2D eigenvalue weighted by molar-refractivity contribution is 0.957. The van der Waals surface area contributed by atoms with Crippen LogP contribution < -0.4 is 0 Å². The molecule has 24 rings (SSSR count). The van der Waals surface area contributed by atoms with Gasteiger partial charge in [-0.05, 0) is 297 Å². The summed E-state index contributed by atoms with van der Waals surface area (Å²) in [6.45, 7) is 8.70. The summed E-state index contributed by atoms with van der Waals surface area (Å²) >= 11 is 0. The fourth-order valence-corrected chi connectivity index (χ4v) is 19.3. The maximum atomic E-state index is 2.51. The van der Waals surface area contributed by atoms with E-state index in [2.05, 4.69) is 468 Å². The van der Waals surface area contributed by atoms with Crippen LogP contribution >= 0.6 is 0 Å². The summed E-state index contributed by atoms with van der Waals surface area (Å²) in [6, 6.07) is 144.